The van der Waals surface area contributed by atoms with Crippen molar-refractivity contribution in [2.75, 3.05) is 13.2 Å². The molecule has 0 spiro atoms. The van der Waals surface area contributed by atoms with E-state index in [0.29, 0.717) is 19.0 Å². The van der Waals surface area contributed by atoms with Crippen LogP contribution in [0, 0.1) is 0 Å². The molecule has 0 aromatic heterocycles. The lowest BCUT2D eigenvalue weighted by atomic mass is 10.3. The van der Waals surface area contributed by atoms with Gasteiger partial charge in [-0.1, -0.05) is 6.08 Å². The van der Waals surface area contributed by atoms with Gasteiger partial charge >= 0.3 is 5.97 Å². The molecule has 2 atom stereocenters. The van der Waals surface area contributed by atoms with Gasteiger partial charge in [-0.2, -0.15) is 0 Å². The van der Waals surface area contributed by atoms with Gasteiger partial charge in [0, 0.05) is 6.54 Å². The van der Waals surface area contributed by atoms with Gasteiger partial charge in [-0.15, -0.1) is 0 Å². The lowest BCUT2D eigenvalue weighted by Gasteiger charge is -2.25. The highest BCUT2D eigenvalue weighted by atomic mass is 16.5. The number of rotatable bonds is 2. The second kappa shape index (κ2) is 3.94. The molecule has 0 unspecified atom stereocenters. The van der Waals surface area contributed by atoms with Crippen molar-refractivity contribution >= 4 is 5.97 Å². The molecule has 5 nitrogen and oxygen atoms in total. The molecule has 0 amide bonds. The van der Waals surface area contributed by atoms with Gasteiger partial charge < -0.3 is 15.4 Å². The van der Waals surface area contributed by atoms with E-state index in [9.17, 15) is 4.79 Å². The van der Waals surface area contributed by atoms with Crippen LogP contribution >= 0.6 is 0 Å². The number of esters is 1. The van der Waals surface area contributed by atoms with Crippen LogP contribution in [0.5, 0.6) is 0 Å². The standard InChI is InChI=1S/C10H15N3O2/c1-2-15-10(14)7-6-13-8(11)4-3-5-9(13)12-7/h3-5,7,9,12H,2,6,11H2,1H3/t7-,9-/m0/s1. The Morgan fingerprint density at radius 3 is 3.27 bits per heavy atom. The number of ether oxygens (including phenoxy) is 1. The van der Waals surface area contributed by atoms with Crippen LogP contribution in [-0.4, -0.2) is 36.2 Å². The summed E-state index contributed by atoms with van der Waals surface area (Å²) in [6, 6.07) is -0.287. The monoisotopic (exact) mass is 209 g/mol. The summed E-state index contributed by atoms with van der Waals surface area (Å²) in [7, 11) is 0. The van der Waals surface area contributed by atoms with Gasteiger partial charge in [0.1, 0.15) is 18.0 Å². The zero-order valence-corrected chi connectivity index (χ0v) is 8.64. The quantitative estimate of drug-likeness (QED) is 0.601. The summed E-state index contributed by atoms with van der Waals surface area (Å²) in [6.45, 7) is 2.77. The number of hydrogen-bond donors (Lipinski definition) is 2. The predicted octanol–water partition coefficient (Wildman–Crippen LogP) is -0.481. The first-order valence-corrected chi connectivity index (χ1v) is 5.05. The molecule has 0 aromatic carbocycles. The fourth-order valence-corrected chi connectivity index (χ4v) is 1.83. The summed E-state index contributed by atoms with van der Waals surface area (Å²) in [5, 5.41) is 3.15. The van der Waals surface area contributed by atoms with E-state index < -0.39 is 0 Å². The average Bonchev–Trinajstić information content (AvgIpc) is 2.63. The van der Waals surface area contributed by atoms with Crippen LogP contribution in [0.1, 0.15) is 6.92 Å². The number of nitrogens with two attached hydrogens (primary N) is 1. The van der Waals surface area contributed by atoms with Crippen LogP contribution in [0.25, 0.3) is 0 Å². The minimum Gasteiger partial charge on any atom is -0.465 e. The lowest BCUT2D eigenvalue weighted by molar-refractivity contribution is -0.145. The maximum Gasteiger partial charge on any atom is 0.325 e. The summed E-state index contributed by atoms with van der Waals surface area (Å²) >= 11 is 0. The molecule has 2 heterocycles. The largest absolute Gasteiger partial charge is 0.465 e. The second-order valence-electron chi connectivity index (χ2n) is 3.54. The third-order valence-corrected chi connectivity index (χ3v) is 2.55. The van der Waals surface area contributed by atoms with Gasteiger partial charge in [0.15, 0.2) is 0 Å². The molecule has 0 saturated carbocycles. The third-order valence-electron chi connectivity index (χ3n) is 2.55. The summed E-state index contributed by atoms with van der Waals surface area (Å²) < 4.78 is 4.95. The van der Waals surface area contributed by atoms with Crippen LogP contribution in [0.15, 0.2) is 24.0 Å². The Kier molecular flexibility index (Phi) is 2.64. The van der Waals surface area contributed by atoms with E-state index >= 15 is 0 Å². The van der Waals surface area contributed by atoms with Crippen molar-refractivity contribution in [3.63, 3.8) is 0 Å². The van der Waals surface area contributed by atoms with E-state index in [1.165, 1.54) is 0 Å². The number of carbonyl (C=O) groups excluding carboxylic acids is 1. The first-order chi connectivity index (χ1) is 7.22. The molecule has 5 heteroatoms. The fourth-order valence-electron chi connectivity index (χ4n) is 1.83. The zero-order chi connectivity index (χ0) is 10.8. The molecule has 2 aliphatic rings. The van der Waals surface area contributed by atoms with Crippen molar-refractivity contribution in [3.8, 4) is 0 Å². The molecule has 1 saturated heterocycles. The smallest absolute Gasteiger partial charge is 0.325 e. The van der Waals surface area contributed by atoms with Crippen molar-refractivity contribution in [3.05, 3.63) is 24.0 Å². The summed E-state index contributed by atoms with van der Waals surface area (Å²) in [6.07, 6.45) is 5.70. The van der Waals surface area contributed by atoms with Crippen LogP contribution in [0.3, 0.4) is 0 Å². The second-order valence-corrected chi connectivity index (χ2v) is 3.54. The number of fused-ring (bicyclic) bond motifs is 1. The molecule has 0 aliphatic carbocycles. The van der Waals surface area contributed by atoms with Crippen LogP contribution in [-0.2, 0) is 9.53 Å². The van der Waals surface area contributed by atoms with E-state index in [2.05, 4.69) is 5.32 Å². The van der Waals surface area contributed by atoms with Crippen molar-refractivity contribution < 1.29 is 9.53 Å². The molecule has 0 aromatic rings. The van der Waals surface area contributed by atoms with Crippen molar-refractivity contribution in [2.24, 2.45) is 5.73 Å². The van der Waals surface area contributed by atoms with Crippen molar-refractivity contribution in [1.82, 2.24) is 10.2 Å². The molecular formula is C10H15N3O2. The first-order valence-electron chi connectivity index (χ1n) is 5.05. The Bertz CT molecular complexity index is 325. The molecule has 2 rings (SSSR count). The van der Waals surface area contributed by atoms with Crippen LogP contribution in [0.2, 0.25) is 0 Å². The number of carbonyl (C=O) groups is 1. The van der Waals surface area contributed by atoms with Gasteiger partial charge in [0.2, 0.25) is 0 Å². The maximum atomic E-state index is 11.5. The maximum absolute atomic E-state index is 11.5. The van der Waals surface area contributed by atoms with E-state index in [-0.39, 0.29) is 18.2 Å². The predicted molar refractivity (Wildman–Crippen MR) is 55.5 cm³/mol. The van der Waals surface area contributed by atoms with Crippen molar-refractivity contribution in [2.45, 2.75) is 19.1 Å². The highest BCUT2D eigenvalue weighted by Crippen LogP contribution is 2.17. The Morgan fingerprint density at radius 2 is 2.60 bits per heavy atom. The number of hydrogen-bond acceptors (Lipinski definition) is 5. The van der Waals surface area contributed by atoms with E-state index in [0.717, 1.165) is 0 Å². The molecule has 0 radical (unpaired) electrons. The molecular weight excluding hydrogens is 194 g/mol. The molecule has 82 valence electrons. The van der Waals surface area contributed by atoms with Gasteiger partial charge in [-0.05, 0) is 19.1 Å². The summed E-state index contributed by atoms with van der Waals surface area (Å²) in [5.41, 5.74) is 5.80. The molecule has 15 heavy (non-hydrogen) atoms. The number of nitrogens with zero attached hydrogens (tertiary/aromatic N) is 1. The highest BCUT2D eigenvalue weighted by molar-refractivity contribution is 5.76. The van der Waals surface area contributed by atoms with Crippen LogP contribution < -0.4 is 11.1 Å². The SMILES string of the molecule is CCOC(=O)[C@@H]1CN2C(N)=CC=C[C@H]2N1. The van der Waals surface area contributed by atoms with E-state index in [4.69, 9.17) is 10.5 Å². The van der Waals surface area contributed by atoms with Crippen molar-refractivity contribution in [1.29, 1.82) is 0 Å². The Hall–Kier alpha value is -1.49. The summed E-state index contributed by atoms with van der Waals surface area (Å²) in [5.74, 6) is 0.467. The van der Waals surface area contributed by atoms with Gasteiger partial charge in [0.25, 0.3) is 0 Å². The Balaban J connectivity index is 2.03. The van der Waals surface area contributed by atoms with E-state index in [1.54, 1.807) is 6.92 Å². The third kappa shape index (κ3) is 1.83. The number of nitrogens with one attached hydrogen (secondary N) is 1. The van der Waals surface area contributed by atoms with Gasteiger partial charge in [-0.25, -0.2) is 0 Å². The molecule has 0 bridgehead atoms. The highest BCUT2D eigenvalue weighted by Gasteiger charge is 2.36. The van der Waals surface area contributed by atoms with Crippen LogP contribution in [0.4, 0.5) is 0 Å². The topological polar surface area (TPSA) is 67.6 Å². The molecule has 1 fully saturated rings. The van der Waals surface area contributed by atoms with E-state index in [1.807, 2.05) is 23.1 Å². The molecule has 2 aliphatic heterocycles. The minimum absolute atomic E-state index is 0.0180. The molecule has 3 N–H and O–H groups in total. The lowest BCUT2D eigenvalue weighted by Crippen LogP contribution is -2.39. The Morgan fingerprint density at radius 1 is 1.80 bits per heavy atom. The average molecular weight is 209 g/mol. The fraction of sp³-hybridized carbons (Fsp3) is 0.500. The normalized spacial score (nSPS) is 28.6. The number of allylic oxidation sites excluding steroid dienone is 2. The zero-order valence-electron chi connectivity index (χ0n) is 8.64. The minimum atomic E-state index is -0.287. The van der Waals surface area contributed by atoms with Gasteiger partial charge in [-0.3, -0.25) is 10.1 Å². The first kappa shape index (κ1) is 10.0. The Labute approximate surface area is 88.6 Å². The van der Waals surface area contributed by atoms with Gasteiger partial charge in [0.05, 0.1) is 6.61 Å². The summed E-state index contributed by atoms with van der Waals surface area (Å²) in [4.78, 5) is 13.4.